The van der Waals surface area contributed by atoms with Crippen LogP contribution >= 0.6 is 0 Å². The molecule has 1 saturated heterocycles. The largest absolute Gasteiger partial charge is 0.490 e. The first-order valence-electron chi connectivity index (χ1n) is 13.7. The van der Waals surface area contributed by atoms with Crippen molar-refractivity contribution < 1.29 is 14.6 Å². The molecule has 0 saturated carbocycles. The Balaban J connectivity index is 1.12. The van der Waals surface area contributed by atoms with Crippen molar-refractivity contribution in [2.24, 2.45) is 0 Å². The molecule has 1 aliphatic rings. The lowest BCUT2D eigenvalue weighted by Crippen LogP contribution is -2.60. The summed E-state index contributed by atoms with van der Waals surface area (Å²) in [5, 5.41) is 16.1. The third-order valence-electron chi connectivity index (χ3n) is 7.53. The van der Waals surface area contributed by atoms with Crippen LogP contribution in [0.15, 0.2) is 97.1 Å². The zero-order valence-electron chi connectivity index (χ0n) is 22.6. The maximum atomic E-state index is 11.3. The van der Waals surface area contributed by atoms with Crippen molar-refractivity contribution in [1.82, 2.24) is 9.88 Å². The van der Waals surface area contributed by atoms with Gasteiger partial charge >= 0.3 is 0 Å². The number of hydrogen-bond donors (Lipinski definition) is 3. The van der Waals surface area contributed by atoms with Crippen LogP contribution in [0.4, 0.5) is 11.4 Å². The summed E-state index contributed by atoms with van der Waals surface area (Å²) in [5.41, 5.74) is 5.24. The maximum absolute atomic E-state index is 11.3. The number of aromatic nitrogens is 1. The van der Waals surface area contributed by atoms with E-state index in [0.29, 0.717) is 12.6 Å². The second-order valence-electron chi connectivity index (χ2n) is 10.5. The number of carbonyl (C=O) groups excluding carboxylic acids is 1. The van der Waals surface area contributed by atoms with Gasteiger partial charge in [-0.25, -0.2) is 0 Å². The third-order valence-corrected chi connectivity index (χ3v) is 7.53. The molecule has 3 N–H and O–H groups in total. The Labute approximate surface area is 234 Å². The number of rotatable bonds is 10. The van der Waals surface area contributed by atoms with E-state index in [9.17, 15) is 9.90 Å². The summed E-state index contributed by atoms with van der Waals surface area (Å²) in [6.45, 7) is 4.74. The number of H-pyrrole nitrogens is 1. The zero-order valence-corrected chi connectivity index (χ0v) is 22.6. The molecule has 0 radical (unpaired) electrons. The summed E-state index contributed by atoms with van der Waals surface area (Å²) in [6.07, 6.45) is -0.643. The van der Waals surface area contributed by atoms with E-state index in [4.69, 9.17) is 4.74 Å². The van der Waals surface area contributed by atoms with Crippen molar-refractivity contribution in [3.63, 3.8) is 0 Å². The smallest absolute Gasteiger partial charge is 0.221 e. The van der Waals surface area contributed by atoms with Crippen LogP contribution in [-0.4, -0.2) is 59.3 Å². The van der Waals surface area contributed by atoms with E-state index in [1.165, 1.54) is 12.5 Å². The molecule has 7 heteroatoms. The van der Waals surface area contributed by atoms with Gasteiger partial charge in [0.2, 0.25) is 5.91 Å². The minimum atomic E-state index is -0.643. The van der Waals surface area contributed by atoms with Crippen molar-refractivity contribution in [3.05, 3.63) is 103 Å². The van der Waals surface area contributed by atoms with Gasteiger partial charge in [-0.05, 0) is 48.0 Å². The fraction of sp³-hybridized carbons (Fsp3) is 0.242. The first-order chi connectivity index (χ1) is 19.5. The Kier molecular flexibility index (Phi) is 7.40. The van der Waals surface area contributed by atoms with Gasteiger partial charge in [-0.2, -0.15) is 0 Å². The number of fused-ring (bicyclic) bond motifs is 3. The lowest BCUT2D eigenvalue weighted by atomic mass is 10.0. The summed E-state index contributed by atoms with van der Waals surface area (Å²) in [4.78, 5) is 19.5. The van der Waals surface area contributed by atoms with Gasteiger partial charge in [0.1, 0.15) is 18.5 Å². The molecule has 6 rings (SSSR count). The van der Waals surface area contributed by atoms with Crippen LogP contribution in [0.5, 0.6) is 5.75 Å². The molecule has 1 fully saturated rings. The Bertz CT molecular complexity index is 1590. The topological polar surface area (TPSA) is 80.8 Å². The van der Waals surface area contributed by atoms with Gasteiger partial charge in [0.15, 0.2) is 0 Å². The number of aromatic amines is 1. The third kappa shape index (κ3) is 5.66. The molecule has 1 amide bonds. The lowest BCUT2D eigenvalue weighted by Gasteiger charge is -2.47. The molecule has 5 aromatic rings. The van der Waals surface area contributed by atoms with Gasteiger partial charge in [0.05, 0.1) is 5.52 Å². The normalized spacial score (nSPS) is 14.4. The predicted octanol–water partition coefficient (Wildman–Crippen LogP) is 5.41. The molecule has 1 atom stereocenters. The van der Waals surface area contributed by atoms with Crippen molar-refractivity contribution in [3.8, 4) is 5.75 Å². The lowest BCUT2D eigenvalue weighted by molar-refractivity contribution is -0.114. The van der Waals surface area contributed by atoms with Crippen molar-refractivity contribution in [1.29, 1.82) is 0 Å². The molecule has 2 heterocycles. The number of nitrogens with one attached hydrogen (secondary N) is 2. The van der Waals surface area contributed by atoms with E-state index in [1.807, 2.05) is 54.6 Å². The highest BCUT2D eigenvalue weighted by molar-refractivity contribution is 6.10. The van der Waals surface area contributed by atoms with Crippen LogP contribution in [-0.2, 0) is 11.3 Å². The summed E-state index contributed by atoms with van der Waals surface area (Å²) >= 11 is 0. The minimum Gasteiger partial charge on any atom is -0.490 e. The summed E-state index contributed by atoms with van der Waals surface area (Å²) in [5.74, 6) is 0.704. The van der Waals surface area contributed by atoms with Gasteiger partial charge in [-0.3, -0.25) is 9.69 Å². The van der Waals surface area contributed by atoms with E-state index in [0.717, 1.165) is 58.6 Å². The minimum absolute atomic E-state index is 0.0750. The first kappa shape index (κ1) is 25.9. The maximum Gasteiger partial charge on any atom is 0.221 e. The van der Waals surface area contributed by atoms with Crippen LogP contribution in [0.25, 0.3) is 21.8 Å². The van der Waals surface area contributed by atoms with Gasteiger partial charge in [0.25, 0.3) is 0 Å². The van der Waals surface area contributed by atoms with E-state index in [1.54, 1.807) is 0 Å². The highest BCUT2D eigenvalue weighted by Gasteiger charge is 2.33. The number of aliphatic hydroxyl groups is 1. The summed E-state index contributed by atoms with van der Waals surface area (Å²) < 4.78 is 6.22. The van der Waals surface area contributed by atoms with E-state index in [-0.39, 0.29) is 12.5 Å². The summed E-state index contributed by atoms with van der Waals surface area (Å²) in [7, 11) is 0. The number of para-hydroxylation sites is 1. The Hall–Kier alpha value is -4.33. The molecule has 204 valence electrons. The molecular weight excluding hydrogens is 500 g/mol. The number of benzene rings is 4. The van der Waals surface area contributed by atoms with Crippen LogP contribution < -0.4 is 15.0 Å². The number of anilines is 2. The van der Waals surface area contributed by atoms with Gasteiger partial charge in [-0.15, -0.1) is 0 Å². The highest BCUT2D eigenvalue weighted by atomic mass is 16.5. The van der Waals surface area contributed by atoms with Crippen LogP contribution in [0.3, 0.4) is 0 Å². The van der Waals surface area contributed by atoms with E-state index in [2.05, 4.69) is 62.6 Å². The van der Waals surface area contributed by atoms with Crippen LogP contribution in [0, 0.1) is 0 Å². The van der Waals surface area contributed by atoms with E-state index >= 15 is 0 Å². The Morgan fingerprint density at radius 3 is 2.48 bits per heavy atom. The monoisotopic (exact) mass is 534 g/mol. The van der Waals surface area contributed by atoms with Crippen molar-refractivity contribution in [2.75, 3.05) is 36.5 Å². The zero-order chi connectivity index (χ0) is 27.5. The number of aliphatic hydroxyl groups excluding tert-OH is 1. The number of hydrogen-bond acceptors (Lipinski definition) is 5. The first-order valence-corrected chi connectivity index (χ1v) is 13.7. The van der Waals surface area contributed by atoms with Crippen LogP contribution in [0.2, 0.25) is 0 Å². The Morgan fingerprint density at radius 2 is 1.70 bits per heavy atom. The molecule has 1 aromatic heterocycles. The fourth-order valence-corrected chi connectivity index (χ4v) is 5.51. The van der Waals surface area contributed by atoms with Crippen LogP contribution in [0.1, 0.15) is 12.5 Å². The number of ether oxygens (including phenoxy) is 1. The molecule has 4 aromatic carbocycles. The molecule has 7 nitrogen and oxygen atoms in total. The van der Waals surface area contributed by atoms with Crippen molar-refractivity contribution in [2.45, 2.75) is 25.6 Å². The highest BCUT2D eigenvalue weighted by Crippen LogP contribution is 2.33. The second kappa shape index (κ2) is 11.4. The SMILES string of the molecule is CC(=O)Nc1ccc(N2CC(N(Cc3ccccc3)CC(O)COc3cccc4[nH]c5ccccc5c34)C2)cc1. The number of carbonyl (C=O) groups is 1. The fourth-order valence-electron chi connectivity index (χ4n) is 5.51. The molecular formula is C33H34N4O3. The number of nitrogens with zero attached hydrogens (tertiary/aromatic N) is 2. The standard InChI is InChI=1S/C33H34N4O3/c1-23(38)34-25-14-16-26(17-15-25)37-19-27(20-37)36(18-24-8-3-2-4-9-24)21-28(39)22-40-32-13-7-12-31-33(32)29-10-5-6-11-30(29)35-31/h2-17,27-28,35,39H,18-22H2,1H3,(H,34,38). The van der Waals surface area contributed by atoms with Gasteiger partial charge in [0, 0.05) is 66.8 Å². The Morgan fingerprint density at radius 1 is 0.975 bits per heavy atom. The average Bonchev–Trinajstić information content (AvgIpc) is 3.32. The summed E-state index contributed by atoms with van der Waals surface area (Å²) in [6, 6.07) is 32.8. The predicted molar refractivity (Wildman–Crippen MR) is 161 cm³/mol. The van der Waals surface area contributed by atoms with Crippen molar-refractivity contribution >= 4 is 39.1 Å². The van der Waals surface area contributed by atoms with Gasteiger partial charge in [-0.1, -0.05) is 54.6 Å². The molecule has 1 aliphatic heterocycles. The van der Waals surface area contributed by atoms with E-state index < -0.39 is 6.10 Å². The average molecular weight is 535 g/mol. The molecule has 40 heavy (non-hydrogen) atoms. The quantitative estimate of drug-likeness (QED) is 0.223. The second-order valence-corrected chi connectivity index (χ2v) is 10.5. The molecule has 1 unspecified atom stereocenters. The molecule has 0 aliphatic carbocycles. The molecule has 0 bridgehead atoms. The number of amides is 1. The van der Waals surface area contributed by atoms with Gasteiger partial charge < -0.3 is 25.0 Å². The molecule has 0 spiro atoms.